The maximum atomic E-state index is 13.0. The fraction of sp³-hybridized carbons (Fsp3) is 0.125. The molecule has 0 saturated heterocycles. The highest BCUT2D eigenvalue weighted by Crippen LogP contribution is 2.37. The first-order valence-corrected chi connectivity index (χ1v) is 11.0. The summed E-state index contributed by atoms with van der Waals surface area (Å²) in [4.78, 5) is 17.3. The van der Waals surface area contributed by atoms with Crippen LogP contribution in [0.1, 0.15) is 27.2 Å². The Morgan fingerprint density at radius 2 is 1.67 bits per heavy atom. The van der Waals surface area contributed by atoms with E-state index in [1.165, 1.54) is 6.20 Å². The van der Waals surface area contributed by atoms with Crippen molar-refractivity contribution in [2.24, 2.45) is 0 Å². The number of carbonyl (C=O) groups excluding carboxylic acids is 1. The van der Waals surface area contributed by atoms with Crippen molar-refractivity contribution in [2.75, 3.05) is 5.32 Å². The van der Waals surface area contributed by atoms with Crippen LogP contribution in [-0.4, -0.2) is 16.0 Å². The van der Waals surface area contributed by atoms with E-state index in [4.69, 9.17) is 44.1 Å². The maximum absolute atomic E-state index is 13.0. The topological polar surface area (TPSA) is 77.2 Å². The number of nitrogens with one attached hydrogen (secondary N) is 1. The third-order valence-electron chi connectivity index (χ3n) is 4.92. The van der Waals surface area contributed by atoms with Crippen molar-refractivity contribution in [2.45, 2.75) is 20.8 Å². The molecule has 2 heterocycles. The minimum absolute atomic E-state index is 0.234. The van der Waals surface area contributed by atoms with E-state index in [1.54, 1.807) is 37.3 Å². The maximum Gasteiger partial charge on any atom is 0.261 e. The number of pyridine rings is 1. The molecule has 0 unspecified atom stereocenters. The molecular formula is C24H18Cl3N3O3. The first-order valence-electron chi connectivity index (χ1n) is 9.87. The van der Waals surface area contributed by atoms with Gasteiger partial charge in [0.25, 0.3) is 5.91 Å². The molecule has 2 aromatic heterocycles. The van der Waals surface area contributed by atoms with Crippen LogP contribution in [0.25, 0.3) is 11.3 Å². The molecule has 0 fully saturated rings. The van der Waals surface area contributed by atoms with Gasteiger partial charge in [-0.3, -0.25) is 4.79 Å². The lowest BCUT2D eigenvalue weighted by Crippen LogP contribution is -2.13. The monoisotopic (exact) mass is 501 g/mol. The smallest absolute Gasteiger partial charge is 0.261 e. The van der Waals surface area contributed by atoms with Crippen molar-refractivity contribution in [3.8, 4) is 22.9 Å². The van der Waals surface area contributed by atoms with E-state index in [0.717, 1.165) is 11.1 Å². The van der Waals surface area contributed by atoms with E-state index < -0.39 is 5.91 Å². The van der Waals surface area contributed by atoms with Gasteiger partial charge >= 0.3 is 0 Å². The highest BCUT2D eigenvalue weighted by atomic mass is 35.5. The van der Waals surface area contributed by atoms with E-state index >= 15 is 0 Å². The molecule has 6 nitrogen and oxygen atoms in total. The molecule has 0 radical (unpaired) electrons. The number of amides is 1. The summed E-state index contributed by atoms with van der Waals surface area (Å²) < 4.78 is 11.1. The molecule has 0 saturated carbocycles. The molecule has 0 aliphatic heterocycles. The molecule has 2 aromatic carbocycles. The summed E-state index contributed by atoms with van der Waals surface area (Å²) in [6.07, 6.45) is 1.49. The van der Waals surface area contributed by atoms with Crippen LogP contribution in [0.2, 0.25) is 15.1 Å². The number of ether oxygens (including phenoxy) is 1. The van der Waals surface area contributed by atoms with Crippen LogP contribution in [-0.2, 0) is 0 Å². The van der Waals surface area contributed by atoms with Gasteiger partial charge in [-0.25, -0.2) is 4.98 Å². The Morgan fingerprint density at radius 3 is 2.27 bits per heavy atom. The zero-order valence-electron chi connectivity index (χ0n) is 17.9. The van der Waals surface area contributed by atoms with E-state index in [2.05, 4.69) is 15.5 Å². The summed E-state index contributed by atoms with van der Waals surface area (Å²) in [6, 6.07) is 12.1. The molecule has 4 aromatic rings. The predicted molar refractivity (Wildman–Crippen MR) is 130 cm³/mol. The number of halogens is 3. The van der Waals surface area contributed by atoms with Gasteiger partial charge in [0.2, 0.25) is 5.88 Å². The molecular weight excluding hydrogens is 485 g/mol. The summed E-state index contributed by atoms with van der Waals surface area (Å²) in [6.45, 7) is 5.46. The number of aromatic nitrogens is 2. The van der Waals surface area contributed by atoms with Gasteiger partial charge in [-0.2, -0.15) is 0 Å². The Morgan fingerprint density at radius 1 is 1.00 bits per heavy atom. The number of hydrogen-bond acceptors (Lipinski definition) is 5. The van der Waals surface area contributed by atoms with Crippen LogP contribution in [0, 0.1) is 20.8 Å². The average Bonchev–Trinajstić information content (AvgIpc) is 3.14. The number of nitrogens with zero attached hydrogens (tertiary/aromatic N) is 2. The largest absolute Gasteiger partial charge is 0.439 e. The third kappa shape index (κ3) is 4.83. The first kappa shape index (κ1) is 23.1. The van der Waals surface area contributed by atoms with Crippen LogP contribution in [0.5, 0.6) is 11.6 Å². The number of anilines is 1. The van der Waals surface area contributed by atoms with Gasteiger partial charge < -0.3 is 14.6 Å². The lowest BCUT2D eigenvalue weighted by molar-refractivity contribution is 0.102. The minimum Gasteiger partial charge on any atom is -0.439 e. The summed E-state index contributed by atoms with van der Waals surface area (Å²) in [5.74, 6) is 0.901. The van der Waals surface area contributed by atoms with E-state index in [0.29, 0.717) is 43.7 Å². The van der Waals surface area contributed by atoms with Crippen molar-refractivity contribution in [3.63, 3.8) is 0 Å². The van der Waals surface area contributed by atoms with Gasteiger partial charge in [-0.05, 0) is 62.2 Å². The number of carbonyl (C=O) groups is 1. The summed E-state index contributed by atoms with van der Waals surface area (Å²) in [5.41, 5.74) is 3.22. The molecule has 1 amide bonds. The summed E-state index contributed by atoms with van der Waals surface area (Å²) in [7, 11) is 0. The van der Waals surface area contributed by atoms with Gasteiger partial charge in [0.1, 0.15) is 22.8 Å². The number of rotatable bonds is 5. The Bertz CT molecular complexity index is 1310. The van der Waals surface area contributed by atoms with Crippen molar-refractivity contribution in [3.05, 3.63) is 86.2 Å². The van der Waals surface area contributed by atoms with Gasteiger partial charge in [-0.1, -0.05) is 46.0 Å². The van der Waals surface area contributed by atoms with Crippen LogP contribution in [0.15, 0.2) is 53.2 Å². The number of hydrogen-bond donors (Lipinski definition) is 1. The average molecular weight is 503 g/mol. The van der Waals surface area contributed by atoms with Crippen LogP contribution >= 0.6 is 34.8 Å². The number of aryl methyl sites for hydroxylation is 3. The molecule has 1 N–H and O–H groups in total. The quantitative estimate of drug-likeness (QED) is 0.303. The fourth-order valence-electron chi connectivity index (χ4n) is 3.33. The minimum atomic E-state index is -0.431. The Balaban J connectivity index is 1.54. The third-order valence-corrected chi connectivity index (χ3v) is 6.14. The number of benzene rings is 2. The second-order valence-corrected chi connectivity index (χ2v) is 8.56. The van der Waals surface area contributed by atoms with Crippen LogP contribution < -0.4 is 10.1 Å². The molecule has 9 heteroatoms. The molecule has 0 atom stereocenters. The van der Waals surface area contributed by atoms with Crippen LogP contribution in [0.4, 0.5) is 5.69 Å². The van der Waals surface area contributed by atoms with Crippen molar-refractivity contribution in [1.29, 1.82) is 0 Å². The predicted octanol–water partition coefficient (Wildman–Crippen LogP) is 7.67. The fourth-order valence-corrected chi connectivity index (χ4v) is 4.01. The highest BCUT2D eigenvalue weighted by Gasteiger charge is 2.25. The Kier molecular flexibility index (Phi) is 6.61. The molecule has 0 bridgehead atoms. The normalized spacial score (nSPS) is 10.8. The molecule has 168 valence electrons. The van der Waals surface area contributed by atoms with Gasteiger partial charge in [0, 0.05) is 16.7 Å². The van der Waals surface area contributed by atoms with Gasteiger partial charge in [0.15, 0.2) is 0 Å². The lowest BCUT2D eigenvalue weighted by Gasteiger charge is -2.10. The van der Waals surface area contributed by atoms with Crippen LogP contribution in [0.3, 0.4) is 0 Å². The Hall–Kier alpha value is -3.06. The van der Waals surface area contributed by atoms with Crippen molar-refractivity contribution < 1.29 is 14.1 Å². The Labute approximate surface area is 205 Å². The zero-order chi connectivity index (χ0) is 23.7. The summed E-state index contributed by atoms with van der Waals surface area (Å²) in [5, 5.41) is 8.22. The molecule has 0 aliphatic rings. The second kappa shape index (κ2) is 9.43. The zero-order valence-corrected chi connectivity index (χ0v) is 20.1. The van der Waals surface area contributed by atoms with Crippen molar-refractivity contribution in [1.82, 2.24) is 10.1 Å². The first-order chi connectivity index (χ1) is 15.7. The second-order valence-electron chi connectivity index (χ2n) is 7.37. The summed E-state index contributed by atoms with van der Waals surface area (Å²) >= 11 is 18.8. The van der Waals surface area contributed by atoms with E-state index in [1.807, 2.05) is 26.0 Å². The molecule has 4 rings (SSSR count). The van der Waals surface area contributed by atoms with Gasteiger partial charge in [-0.15, -0.1) is 0 Å². The van der Waals surface area contributed by atoms with E-state index in [-0.39, 0.29) is 11.3 Å². The molecule has 0 aliphatic carbocycles. The lowest BCUT2D eigenvalue weighted by atomic mass is 10.1. The standard InChI is InChI=1S/C24H18Cl3N3O3/c1-12-9-16(10-13(2)22(12)27)32-19-8-7-15(11-28-19)29-24(31)20-14(3)33-30-23(20)21-17(25)5-4-6-18(21)26/h4-11H,1-3H3,(H,29,31). The highest BCUT2D eigenvalue weighted by molar-refractivity contribution is 6.39. The molecule has 0 spiro atoms. The molecule has 33 heavy (non-hydrogen) atoms. The van der Waals surface area contributed by atoms with E-state index in [9.17, 15) is 4.79 Å². The van der Waals surface area contributed by atoms with Gasteiger partial charge in [0.05, 0.1) is 21.9 Å². The van der Waals surface area contributed by atoms with Crippen molar-refractivity contribution >= 4 is 46.4 Å². The SMILES string of the molecule is Cc1cc(Oc2ccc(NC(=O)c3c(-c4c(Cl)cccc4Cl)noc3C)cn2)cc(C)c1Cl.